The Kier molecular flexibility index (Phi) is 8.37. The van der Waals surface area contributed by atoms with Crippen LogP contribution in [-0.2, 0) is 4.79 Å². The average Bonchev–Trinajstić information content (AvgIpc) is 2.38. The van der Waals surface area contributed by atoms with Crippen LogP contribution in [0.5, 0.6) is 5.75 Å². The van der Waals surface area contributed by atoms with Crippen LogP contribution in [0.1, 0.15) is 34.1 Å². The Morgan fingerprint density at radius 3 is 2.33 bits per heavy atom. The summed E-state index contributed by atoms with van der Waals surface area (Å²) in [6.45, 7) is 8.36. The van der Waals surface area contributed by atoms with Gasteiger partial charge in [-0.05, 0) is 38.3 Å². The van der Waals surface area contributed by atoms with Crippen molar-refractivity contribution in [1.82, 2.24) is 5.32 Å². The third kappa shape index (κ3) is 6.82. The van der Waals surface area contributed by atoms with Gasteiger partial charge in [-0.3, -0.25) is 4.79 Å². The summed E-state index contributed by atoms with van der Waals surface area (Å²) in [6, 6.07) is 9.33. The predicted molar refractivity (Wildman–Crippen MR) is 88.8 cm³/mol. The van der Waals surface area contributed by atoms with Crippen LogP contribution in [0.4, 0.5) is 0 Å². The van der Waals surface area contributed by atoms with E-state index in [9.17, 15) is 4.79 Å². The lowest BCUT2D eigenvalue weighted by atomic mass is 9.90. The van der Waals surface area contributed by atoms with Crippen molar-refractivity contribution < 1.29 is 9.53 Å². The van der Waals surface area contributed by atoms with Crippen LogP contribution in [0.2, 0.25) is 0 Å². The molecule has 0 aromatic heterocycles. The summed E-state index contributed by atoms with van der Waals surface area (Å²) >= 11 is 0. The van der Waals surface area contributed by atoms with Crippen molar-refractivity contribution in [3.05, 3.63) is 30.3 Å². The normalized spacial score (nSPS) is 14.8. The van der Waals surface area contributed by atoms with Gasteiger partial charge in [-0.25, -0.2) is 0 Å². The van der Waals surface area contributed by atoms with Gasteiger partial charge in [-0.15, -0.1) is 12.4 Å². The molecule has 1 rings (SSSR count). The first-order chi connectivity index (χ1) is 9.36. The monoisotopic (exact) mass is 314 g/mol. The predicted octanol–water partition coefficient (Wildman–Crippen LogP) is 2.76. The first kappa shape index (κ1) is 19.7. The van der Waals surface area contributed by atoms with E-state index in [1.165, 1.54) is 0 Å². The summed E-state index contributed by atoms with van der Waals surface area (Å²) in [5, 5.41) is 3.01. The number of rotatable bonds is 7. The fourth-order valence-electron chi connectivity index (χ4n) is 2.24. The third-order valence-electron chi connectivity index (χ3n) is 3.16. The lowest BCUT2D eigenvalue weighted by molar-refractivity contribution is -0.129. The van der Waals surface area contributed by atoms with E-state index in [4.69, 9.17) is 10.5 Å². The van der Waals surface area contributed by atoms with Gasteiger partial charge in [0, 0.05) is 12.1 Å². The molecule has 2 unspecified atom stereocenters. The second-order valence-corrected chi connectivity index (χ2v) is 5.93. The number of hydrogen-bond acceptors (Lipinski definition) is 3. The standard InChI is InChI=1S/C16H26N2O2.ClH/c1-12(2)10-16(4,11-17)18-15(19)13(3)20-14-8-6-5-7-9-14;/h5-9,12-13H,10-11,17H2,1-4H3,(H,18,19);1H. The molecule has 0 fully saturated rings. The van der Waals surface area contributed by atoms with E-state index in [1.54, 1.807) is 6.92 Å². The molecule has 1 amide bonds. The van der Waals surface area contributed by atoms with Crippen molar-refractivity contribution in [2.45, 2.75) is 45.8 Å². The molecule has 1 aromatic carbocycles. The lowest BCUT2D eigenvalue weighted by Gasteiger charge is -2.32. The Morgan fingerprint density at radius 2 is 1.86 bits per heavy atom. The highest BCUT2D eigenvalue weighted by atomic mass is 35.5. The number of nitrogens with one attached hydrogen (secondary N) is 1. The molecule has 0 spiro atoms. The zero-order chi connectivity index (χ0) is 15.2. The summed E-state index contributed by atoms with van der Waals surface area (Å²) < 4.78 is 5.62. The fourth-order valence-corrected chi connectivity index (χ4v) is 2.24. The molecule has 0 aliphatic carbocycles. The minimum absolute atomic E-state index is 0. The van der Waals surface area contributed by atoms with Crippen molar-refractivity contribution in [2.24, 2.45) is 11.7 Å². The highest BCUT2D eigenvalue weighted by Gasteiger charge is 2.28. The van der Waals surface area contributed by atoms with Gasteiger partial charge in [0.1, 0.15) is 5.75 Å². The molecule has 5 heteroatoms. The van der Waals surface area contributed by atoms with E-state index in [0.29, 0.717) is 18.2 Å². The molecule has 0 bridgehead atoms. The molecule has 4 nitrogen and oxygen atoms in total. The maximum Gasteiger partial charge on any atom is 0.261 e. The zero-order valence-electron chi connectivity index (χ0n) is 13.3. The Balaban J connectivity index is 0.00000400. The van der Waals surface area contributed by atoms with Gasteiger partial charge < -0.3 is 15.8 Å². The third-order valence-corrected chi connectivity index (χ3v) is 3.16. The SMILES string of the molecule is CC(C)CC(C)(CN)NC(=O)C(C)Oc1ccccc1.Cl. The van der Waals surface area contributed by atoms with Crippen molar-refractivity contribution in [2.75, 3.05) is 6.54 Å². The molecule has 120 valence electrons. The van der Waals surface area contributed by atoms with Crippen LogP contribution in [-0.4, -0.2) is 24.1 Å². The van der Waals surface area contributed by atoms with Gasteiger partial charge in [0.25, 0.3) is 5.91 Å². The molecule has 2 atom stereocenters. The molecule has 21 heavy (non-hydrogen) atoms. The Bertz CT molecular complexity index is 426. The number of carbonyl (C=O) groups excluding carboxylic acids is 1. The van der Waals surface area contributed by atoms with Crippen LogP contribution < -0.4 is 15.8 Å². The van der Waals surface area contributed by atoms with Crippen molar-refractivity contribution in [3.8, 4) is 5.75 Å². The molecule has 0 radical (unpaired) electrons. The van der Waals surface area contributed by atoms with Crippen LogP contribution in [0.25, 0.3) is 0 Å². The summed E-state index contributed by atoms with van der Waals surface area (Å²) in [5.41, 5.74) is 5.41. The number of carbonyl (C=O) groups is 1. The number of benzene rings is 1. The summed E-state index contributed by atoms with van der Waals surface area (Å²) in [4.78, 5) is 12.2. The highest BCUT2D eigenvalue weighted by molar-refractivity contribution is 5.85. The second-order valence-electron chi connectivity index (χ2n) is 5.93. The summed E-state index contributed by atoms with van der Waals surface area (Å²) in [7, 11) is 0. The molecule has 3 N–H and O–H groups in total. The molecule has 1 aromatic rings. The van der Waals surface area contributed by atoms with E-state index in [0.717, 1.165) is 6.42 Å². The van der Waals surface area contributed by atoms with Crippen LogP contribution in [0.3, 0.4) is 0 Å². The first-order valence-electron chi connectivity index (χ1n) is 7.10. The minimum Gasteiger partial charge on any atom is -0.481 e. The fraction of sp³-hybridized carbons (Fsp3) is 0.562. The number of amides is 1. The highest BCUT2D eigenvalue weighted by Crippen LogP contribution is 2.16. The average molecular weight is 315 g/mol. The maximum atomic E-state index is 12.2. The van der Waals surface area contributed by atoms with E-state index in [-0.39, 0.29) is 23.9 Å². The van der Waals surface area contributed by atoms with Gasteiger partial charge in [0.05, 0.1) is 0 Å². The maximum absolute atomic E-state index is 12.2. The lowest BCUT2D eigenvalue weighted by Crippen LogP contribution is -2.55. The van der Waals surface area contributed by atoms with Gasteiger partial charge >= 0.3 is 0 Å². The molecule has 0 saturated carbocycles. The topological polar surface area (TPSA) is 64.3 Å². The number of nitrogens with two attached hydrogens (primary N) is 1. The van der Waals surface area contributed by atoms with Crippen LogP contribution >= 0.6 is 12.4 Å². The first-order valence-corrected chi connectivity index (χ1v) is 7.10. The van der Waals surface area contributed by atoms with Crippen LogP contribution in [0.15, 0.2) is 30.3 Å². The van der Waals surface area contributed by atoms with E-state index < -0.39 is 6.10 Å². The van der Waals surface area contributed by atoms with Gasteiger partial charge in [0.2, 0.25) is 0 Å². The minimum atomic E-state index is -0.546. The Hall–Kier alpha value is -1.26. The number of halogens is 1. The molecule has 0 aliphatic rings. The summed E-state index contributed by atoms with van der Waals surface area (Å²) in [6.07, 6.45) is 0.295. The number of para-hydroxylation sites is 1. The number of hydrogen-bond donors (Lipinski definition) is 2. The van der Waals surface area contributed by atoms with Crippen molar-refractivity contribution in [1.29, 1.82) is 0 Å². The zero-order valence-corrected chi connectivity index (χ0v) is 14.1. The van der Waals surface area contributed by atoms with Crippen molar-refractivity contribution >= 4 is 18.3 Å². The summed E-state index contributed by atoms with van der Waals surface area (Å²) in [5.74, 6) is 1.02. The Labute approximate surface area is 133 Å². The molecular weight excluding hydrogens is 288 g/mol. The van der Waals surface area contributed by atoms with Crippen molar-refractivity contribution in [3.63, 3.8) is 0 Å². The molecule has 0 aliphatic heterocycles. The number of ether oxygens (including phenoxy) is 1. The van der Waals surface area contributed by atoms with E-state index in [1.807, 2.05) is 37.3 Å². The van der Waals surface area contributed by atoms with Crippen LogP contribution in [0, 0.1) is 5.92 Å². The van der Waals surface area contributed by atoms with Gasteiger partial charge in [-0.1, -0.05) is 32.0 Å². The second kappa shape index (κ2) is 8.90. The van der Waals surface area contributed by atoms with E-state index >= 15 is 0 Å². The molecule has 0 saturated heterocycles. The molecular formula is C16H27ClN2O2. The Morgan fingerprint density at radius 1 is 1.29 bits per heavy atom. The smallest absolute Gasteiger partial charge is 0.261 e. The van der Waals surface area contributed by atoms with E-state index in [2.05, 4.69) is 19.2 Å². The largest absolute Gasteiger partial charge is 0.481 e. The quantitative estimate of drug-likeness (QED) is 0.813. The van der Waals surface area contributed by atoms with Gasteiger partial charge in [-0.2, -0.15) is 0 Å². The van der Waals surface area contributed by atoms with Gasteiger partial charge in [0.15, 0.2) is 6.10 Å². The molecule has 0 heterocycles.